The molecule has 0 aliphatic carbocycles. The van der Waals surface area contributed by atoms with E-state index in [1.54, 1.807) is 0 Å². The molecule has 5 nitrogen and oxygen atoms in total. The zero-order chi connectivity index (χ0) is 11.0. The molecule has 0 unspecified atom stereocenters. The first-order valence-corrected chi connectivity index (χ1v) is 4.49. The van der Waals surface area contributed by atoms with Crippen molar-refractivity contribution in [1.29, 1.82) is 0 Å². The molecule has 0 aromatic rings. The second kappa shape index (κ2) is 6.94. The topological polar surface area (TPSA) is 86.6 Å². The van der Waals surface area contributed by atoms with Gasteiger partial charge >= 0.3 is 11.9 Å². The Bertz CT molecular complexity index is 219. The van der Waals surface area contributed by atoms with Crippen LogP contribution >= 0.6 is 0 Å². The van der Waals surface area contributed by atoms with Crippen LogP contribution in [0, 0.1) is 0 Å². The molecule has 14 heavy (non-hydrogen) atoms. The second-order valence-corrected chi connectivity index (χ2v) is 2.83. The number of rotatable bonds is 7. The van der Waals surface area contributed by atoms with Crippen LogP contribution < -0.4 is 5.32 Å². The van der Waals surface area contributed by atoms with Crippen LogP contribution in [0.5, 0.6) is 0 Å². The van der Waals surface area contributed by atoms with Gasteiger partial charge in [0, 0.05) is 12.7 Å². The van der Waals surface area contributed by atoms with Crippen LogP contribution in [0.25, 0.3) is 0 Å². The highest BCUT2D eigenvalue weighted by Gasteiger charge is 2.14. The third-order valence-corrected chi connectivity index (χ3v) is 1.63. The Morgan fingerprint density at radius 3 is 2.21 bits per heavy atom. The molecule has 0 aromatic heterocycles. The van der Waals surface area contributed by atoms with Gasteiger partial charge in [-0.3, -0.25) is 0 Å². The lowest BCUT2D eigenvalue weighted by molar-refractivity contribution is -0.140. The number of carbonyl (C=O) groups is 2. The van der Waals surface area contributed by atoms with Gasteiger partial charge in [0.1, 0.15) is 0 Å². The Balaban J connectivity index is 3.93. The molecular formula is C9H15NO4. The van der Waals surface area contributed by atoms with Crippen LogP contribution in [-0.4, -0.2) is 28.7 Å². The maximum Gasteiger partial charge on any atom is 0.344 e. The monoisotopic (exact) mass is 201 g/mol. The third-order valence-electron chi connectivity index (χ3n) is 1.63. The number of aliphatic carboxylic acids is 2. The summed E-state index contributed by atoms with van der Waals surface area (Å²) in [6.45, 7) is 2.65. The molecule has 80 valence electrons. The summed E-state index contributed by atoms with van der Waals surface area (Å²) in [7, 11) is 0. The number of nitrogens with one attached hydrogen (secondary N) is 1. The lowest BCUT2D eigenvalue weighted by Gasteiger charge is -2.00. The Hall–Kier alpha value is -1.52. The van der Waals surface area contributed by atoms with E-state index in [1.165, 1.54) is 0 Å². The largest absolute Gasteiger partial charge is 0.477 e. The van der Waals surface area contributed by atoms with Gasteiger partial charge < -0.3 is 15.5 Å². The molecule has 0 aliphatic rings. The van der Waals surface area contributed by atoms with E-state index in [1.807, 2.05) is 0 Å². The van der Waals surface area contributed by atoms with Crippen molar-refractivity contribution in [1.82, 2.24) is 5.32 Å². The molecule has 0 radical (unpaired) electrons. The maximum absolute atomic E-state index is 10.4. The Labute approximate surface area is 82.4 Å². The third kappa shape index (κ3) is 5.18. The Morgan fingerprint density at radius 1 is 1.21 bits per heavy atom. The summed E-state index contributed by atoms with van der Waals surface area (Å²) in [4.78, 5) is 20.7. The Kier molecular flexibility index (Phi) is 6.19. The van der Waals surface area contributed by atoms with Gasteiger partial charge in [-0.15, -0.1) is 0 Å². The maximum atomic E-state index is 10.4. The smallest absolute Gasteiger partial charge is 0.344 e. The highest BCUT2D eigenvalue weighted by molar-refractivity contribution is 6.12. The van der Waals surface area contributed by atoms with Gasteiger partial charge in [0.25, 0.3) is 0 Å². The summed E-state index contributed by atoms with van der Waals surface area (Å²) in [5, 5.41) is 19.6. The van der Waals surface area contributed by atoms with Gasteiger partial charge in [-0.25, -0.2) is 9.59 Å². The molecule has 3 N–H and O–H groups in total. The van der Waals surface area contributed by atoms with Crippen molar-refractivity contribution in [3.05, 3.63) is 11.8 Å². The minimum absolute atomic E-state index is 0.595. The number of carboxylic acid groups (broad SMARTS) is 2. The van der Waals surface area contributed by atoms with Gasteiger partial charge in [-0.05, 0) is 6.42 Å². The van der Waals surface area contributed by atoms with Crippen molar-refractivity contribution in [2.75, 3.05) is 6.54 Å². The summed E-state index contributed by atoms with van der Waals surface area (Å²) >= 11 is 0. The van der Waals surface area contributed by atoms with Crippen LogP contribution in [0.3, 0.4) is 0 Å². The lowest BCUT2D eigenvalue weighted by Crippen LogP contribution is -2.17. The molecular weight excluding hydrogens is 186 g/mol. The predicted octanol–water partition coefficient (Wildman–Crippen LogP) is 0.819. The van der Waals surface area contributed by atoms with E-state index in [2.05, 4.69) is 12.2 Å². The molecule has 0 amide bonds. The standard InChI is InChI=1S/C9H15NO4/c1-2-3-4-5-10-6-7(8(11)12)9(13)14/h6,10H,2-5H2,1H3,(H,11,12)(H,13,14). The van der Waals surface area contributed by atoms with E-state index in [9.17, 15) is 9.59 Å². The fourth-order valence-corrected chi connectivity index (χ4v) is 0.866. The predicted molar refractivity (Wildman–Crippen MR) is 50.9 cm³/mol. The van der Waals surface area contributed by atoms with E-state index in [-0.39, 0.29) is 0 Å². The highest BCUT2D eigenvalue weighted by Crippen LogP contribution is 1.94. The van der Waals surface area contributed by atoms with Gasteiger partial charge in [0.05, 0.1) is 0 Å². The number of hydrogen-bond donors (Lipinski definition) is 3. The average molecular weight is 201 g/mol. The molecule has 0 aromatic carbocycles. The van der Waals surface area contributed by atoms with Gasteiger partial charge in [0.15, 0.2) is 5.57 Å². The SMILES string of the molecule is CCCCCNC=C(C(=O)O)C(=O)O. The number of carboxylic acids is 2. The van der Waals surface area contributed by atoms with Crippen molar-refractivity contribution >= 4 is 11.9 Å². The van der Waals surface area contributed by atoms with Gasteiger partial charge in [-0.2, -0.15) is 0 Å². The molecule has 0 spiro atoms. The Morgan fingerprint density at radius 2 is 1.79 bits per heavy atom. The summed E-state index contributed by atoms with van der Waals surface area (Å²) in [6, 6.07) is 0. The fraction of sp³-hybridized carbons (Fsp3) is 0.556. The number of unbranched alkanes of at least 4 members (excludes halogenated alkanes) is 2. The molecule has 0 atom stereocenters. The van der Waals surface area contributed by atoms with Crippen LogP contribution in [0.2, 0.25) is 0 Å². The van der Waals surface area contributed by atoms with Crippen LogP contribution in [0.15, 0.2) is 11.8 Å². The molecule has 0 rings (SSSR count). The first-order chi connectivity index (χ1) is 6.59. The molecule has 0 aliphatic heterocycles. The van der Waals surface area contributed by atoms with E-state index < -0.39 is 17.5 Å². The molecule has 5 heteroatoms. The minimum Gasteiger partial charge on any atom is -0.477 e. The lowest BCUT2D eigenvalue weighted by atomic mass is 10.2. The molecule has 0 heterocycles. The first-order valence-electron chi connectivity index (χ1n) is 4.49. The first kappa shape index (κ1) is 12.5. The zero-order valence-electron chi connectivity index (χ0n) is 8.12. The minimum atomic E-state index is -1.43. The van der Waals surface area contributed by atoms with Crippen molar-refractivity contribution in [3.63, 3.8) is 0 Å². The number of hydrogen-bond acceptors (Lipinski definition) is 3. The summed E-state index contributed by atoms with van der Waals surface area (Å²) in [5.74, 6) is -2.86. The van der Waals surface area contributed by atoms with Crippen molar-refractivity contribution < 1.29 is 19.8 Å². The van der Waals surface area contributed by atoms with Crippen LogP contribution in [0.4, 0.5) is 0 Å². The van der Waals surface area contributed by atoms with E-state index in [0.29, 0.717) is 6.54 Å². The summed E-state index contributed by atoms with van der Waals surface area (Å²) in [5.41, 5.74) is -0.638. The van der Waals surface area contributed by atoms with Gasteiger partial charge in [-0.1, -0.05) is 19.8 Å². The second-order valence-electron chi connectivity index (χ2n) is 2.83. The molecule has 0 saturated carbocycles. The van der Waals surface area contributed by atoms with E-state index in [4.69, 9.17) is 10.2 Å². The quantitative estimate of drug-likeness (QED) is 0.246. The molecule has 0 fully saturated rings. The van der Waals surface area contributed by atoms with Crippen LogP contribution in [0.1, 0.15) is 26.2 Å². The fourth-order valence-electron chi connectivity index (χ4n) is 0.866. The average Bonchev–Trinajstić information content (AvgIpc) is 2.09. The van der Waals surface area contributed by atoms with Crippen molar-refractivity contribution in [2.24, 2.45) is 0 Å². The molecule has 0 bridgehead atoms. The zero-order valence-corrected chi connectivity index (χ0v) is 8.12. The van der Waals surface area contributed by atoms with Crippen molar-refractivity contribution in [2.45, 2.75) is 26.2 Å². The van der Waals surface area contributed by atoms with E-state index in [0.717, 1.165) is 25.5 Å². The van der Waals surface area contributed by atoms with Crippen LogP contribution in [-0.2, 0) is 9.59 Å². The summed E-state index contributed by atoms with van der Waals surface area (Å²) in [6.07, 6.45) is 4.03. The van der Waals surface area contributed by atoms with Crippen molar-refractivity contribution in [3.8, 4) is 0 Å². The highest BCUT2D eigenvalue weighted by atomic mass is 16.4. The molecule has 0 saturated heterocycles. The summed E-state index contributed by atoms with van der Waals surface area (Å²) < 4.78 is 0. The van der Waals surface area contributed by atoms with E-state index >= 15 is 0 Å². The normalized spacial score (nSPS) is 9.21. The van der Waals surface area contributed by atoms with Gasteiger partial charge in [0.2, 0.25) is 0 Å².